The first-order valence-electron chi connectivity index (χ1n) is 6.28. The van der Waals surface area contributed by atoms with Crippen LogP contribution in [0.4, 0.5) is 0 Å². The first-order chi connectivity index (χ1) is 8.84. The van der Waals surface area contributed by atoms with Crippen LogP contribution in [0.25, 0.3) is 0 Å². The van der Waals surface area contributed by atoms with Crippen molar-refractivity contribution in [2.75, 3.05) is 12.3 Å². The third-order valence-corrected chi connectivity index (χ3v) is 5.63. The van der Waals surface area contributed by atoms with E-state index in [0.717, 1.165) is 13.1 Å². The zero-order valence-electron chi connectivity index (χ0n) is 10.5. The van der Waals surface area contributed by atoms with Crippen LogP contribution in [0.3, 0.4) is 0 Å². The van der Waals surface area contributed by atoms with E-state index in [1.807, 2.05) is 11.8 Å². The molecule has 3 rings (SSSR count). The van der Waals surface area contributed by atoms with Gasteiger partial charge in [0.2, 0.25) is 0 Å². The molecule has 1 aliphatic rings. The van der Waals surface area contributed by atoms with E-state index in [1.54, 1.807) is 11.3 Å². The van der Waals surface area contributed by atoms with Crippen LogP contribution in [0.15, 0.2) is 39.9 Å². The molecule has 1 N–H and O–H groups in total. The highest BCUT2D eigenvalue weighted by Gasteiger charge is 2.21. The molecule has 1 unspecified atom stereocenters. The third-order valence-electron chi connectivity index (χ3n) is 3.47. The van der Waals surface area contributed by atoms with Crippen molar-refractivity contribution in [3.63, 3.8) is 0 Å². The summed E-state index contributed by atoms with van der Waals surface area (Å²) in [7, 11) is 0. The van der Waals surface area contributed by atoms with Gasteiger partial charge in [-0.05, 0) is 40.4 Å². The van der Waals surface area contributed by atoms with Gasteiger partial charge in [0, 0.05) is 29.7 Å². The first kappa shape index (κ1) is 12.3. The molecule has 94 valence electrons. The summed E-state index contributed by atoms with van der Waals surface area (Å²) < 4.78 is 0. The molecule has 0 bridgehead atoms. The summed E-state index contributed by atoms with van der Waals surface area (Å²) >= 11 is 3.78. The van der Waals surface area contributed by atoms with E-state index in [-0.39, 0.29) is 0 Å². The number of fused-ring (bicyclic) bond motifs is 1. The van der Waals surface area contributed by atoms with Crippen LogP contribution in [-0.2, 0) is 6.54 Å². The van der Waals surface area contributed by atoms with Gasteiger partial charge in [-0.25, -0.2) is 0 Å². The van der Waals surface area contributed by atoms with E-state index in [4.69, 9.17) is 0 Å². The second-order valence-electron chi connectivity index (χ2n) is 4.76. The Hall–Kier alpha value is -0.770. The molecular weight excluding hydrogens is 258 g/mol. The molecule has 1 aromatic heterocycles. The maximum Gasteiger partial charge on any atom is 0.0216 e. The van der Waals surface area contributed by atoms with Gasteiger partial charge in [0.25, 0.3) is 0 Å². The van der Waals surface area contributed by atoms with Crippen LogP contribution in [0.5, 0.6) is 0 Å². The molecule has 0 aliphatic carbocycles. The number of thioether (sulfide) groups is 1. The fraction of sp³-hybridized carbons (Fsp3) is 0.333. The maximum absolute atomic E-state index is 3.60. The summed E-state index contributed by atoms with van der Waals surface area (Å²) in [4.78, 5) is 1.47. The lowest BCUT2D eigenvalue weighted by atomic mass is 10.0. The predicted octanol–water partition coefficient (Wildman–Crippen LogP) is 4.04. The number of hydrogen-bond donors (Lipinski definition) is 1. The molecule has 0 radical (unpaired) electrons. The summed E-state index contributed by atoms with van der Waals surface area (Å²) in [6, 6.07) is 8.80. The Labute approximate surface area is 117 Å². The van der Waals surface area contributed by atoms with Crippen LogP contribution in [0.1, 0.15) is 22.6 Å². The molecule has 0 fully saturated rings. The van der Waals surface area contributed by atoms with Gasteiger partial charge in [0.1, 0.15) is 0 Å². The molecular formula is C15H17NS2. The summed E-state index contributed by atoms with van der Waals surface area (Å²) in [5.41, 5.74) is 4.38. The number of thiophene rings is 1. The Balaban J connectivity index is 1.58. The van der Waals surface area contributed by atoms with E-state index in [1.165, 1.54) is 27.3 Å². The lowest BCUT2D eigenvalue weighted by Gasteiger charge is -2.12. The Morgan fingerprint density at radius 1 is 1.28 bits per heavy atom. The second-order valence-corrected chi connectivity index (χ2v) is 6.56. The van der Waals surface area contributed by atoms with Crippen LogP contribution >= 0.6 is 23.1 Å². The van der Waals surface area contributed by atoms with E-state index in [9.17, 15) is 0 Å². The lowest BCUT2D eigenvalue weighted by molar-refractivity contribution is 0.621. The summed E-state index contributed by atoms with van der Waals surface area (Å²) in [5, 5.41) is 8.07. The fourth-order valence-electron chi connectivity index (χ4n) is 2.35. The van der Waals surface area contributed by atoms with Gasteiger partial charge in [-0.1, -0.05) is 18.2 Å². The normalized spacial score (nSPS) is 17.9. The molecule has 0 amide bonds. The van der Waals surface area contributed by atoms with Gasteiger partial charge in [-0.3, -0.25) is 0 Å². The van der Waals surface area contributed by atoms with Crippen molar-refractivity contribution in [2.24, 2.45) is 0 Å². The van der Waals surface area contributed by atoms with Gasteiger partial charge in [0.15, 0.2) is 0 Å². The van der Waals surface area contributed by atoms with Crippen LogP contribution in [-0.4, -0.2) is 12.3 Å². The van der Waals surface area contributed by atoms with E-state index >= 15 is 0 Å². The first-order valence-corrected chi connectivity index (χ1v) is 8.21. The minimum atomic E-state index is 0.671. The van der Waals surface area contributed by atoms with Gasteiger partial charge >= 0.3 is 0 Å². The van der Waals surface area contributed by atoms with E-state index < -0.39 is 0 Å². The largest absolute Gasteiger partial charge is 0.312 e. The highest BCUT2D eigenvalue weighted by Crippen LogP contribution is 2.38. The molecule has 2 aromatic rings. The molecule has 0 saturated carbocycles. The molecule has 1 aliphatic heterocycles. The molecule has 18 heavy (non-hydrogen) atoms. The molecule has 1 nitrogen and oxygen atoms in total. The SMILES string of the molecule is Cc1cscc1CNCC1CSc2ccccc21. The van der Waals surface area contributed by atoms with Crippen molar-refractivity contribution in [3.8, 4) is 0 Å². The predicted molar refractivity (Wildman–Crippen MR) is 80.7 cm³/mol. The van der Waals surface area contributed by atoms with Gasteiger partial charge in [0.05, 0.1) is 0 Å². The smallest absolute Gasteiger partial charge is 0.0216 e. The number of hydrogen-bond acceptors (Lipinski definition) is 3. The number of benzene rings is 1. The molecule has 0 saturated heterocycles. The van der Waals surface area contributed by atoms with Gasteiger partial charge < -0.3 is 5.32 Å². The van der Waals surface area contributed by atoms with Crippen LogP contribution in [0, 0.1) is 6.92 Å². The molecule has 1 atom stereocenters. The van der Waals surface area contributed by atoms with Crippen molar-refractivity contribution < 1.29 is 0 Å². The van der Waals surface area contributed by atoms with Crippen molar-refractivity contribution >= 4 is 23.1 Å². The van der Waals surface area contributed by atoms with Crippen molar-refractivity contribution in [1.29, 1.82) is 0 Å². The van der Waals surface area contributed by atoms with Gasteiger partial charge in [-0.2, -0.15) is 11.3 Å². The highest BCUT2D eigenvalue weighted by molar-refractivity contribution is 7.99. The average Bonchev–Trinajstić information content (AvgIpc) is 2.97. The fourth-order valence-corrected chi connectivity index (χ4v) is 4.46. The summed E-state index contributed by atoms with van der Waals surface area (Å²) in [5.74, 6) is 1.89. The molecule has 3 heteroatoms. The number of rotatable bonds is 4. The number of aryl methyl sites for hydroxylation is 1. The Morgan fingerprint density at radius 2 is 2.17 bits per heavy atom. The number of nitrogens with one attached hydrogen (secondary N) is 1. The zero-order valence-corrected chi connectivity index (χ0v) is 12.1. The van der Waals surface area contributed by atoms with Crippen LogP contribution in [0.2, 0.25) is 0 Å². The Bertz CT molecular complexity index is 533. The Kier molecular flexibility index (Phi) is 3.73. The van der Waals surface area contributed by atoms with Crippen molar-refractivity contribution in [1.82, 2.24) is 5.32 Å². The van der Waals surface area contributed by atoms with Crippen molar-refractivity contribution in [3.05, 3.63) is 51.7 Å². The minimum Gasteiger partial charge on any atom is -0.312 e. The van der Waals surface area contributed by atoms with Crippen LogP contribution < -0.4 is 5.32 Å². The molecule has 1 aromatic carbocycles. The summed E-state index contributed by atoms with van der Waals surface area (Å²) in [6.45, 7) is 4.27. The quantitative estimate of drug-likeness (QED) is 0.904. The molecule has 2 heterocycles. The Morgan fingerprint density at radius 3 is 3.00 bits per heavy atom. The highest BCUT2D eigenvalue weighted by atomic mass is 32.2. The summed E-state index contributed by atoms with van der Waals surface area (Å²) in [6.07, 6.45) is 0. The second kappa shape index (κ2) is 5.47. The third kappa shape index (κ3) is 2.48. The van der Waals surface area contributed by atoms with E-state index in [2.05, 4.69) is 47.3 Å². The average molecular weight is 275 g/mol. The maximum atomic E-state index is 3.60. The standard InChI is InChI=1S/C15H17NS2/c1-11-8-17-9-12(11)6-16-7-13-10-18-15-5-3-2-4-14(13)15/h2-5,8-9,13,16H,6-7,10H2,1H3. The van der Waals surface area contributed by atoms with Crippen molar-refractivity contribution in [2.45, 2.75) is 24.3 Å². The zero-order chi connectivity index (χ0) is 12.4. The minimum absolute atomic E-state index is 0.671. The molecule has 0 spiro atoms. The topological polar surface area (TPSA) is 12.0 Å². The van der Waals surface area contributed by atoms with Gasteiger partial charge in [-0.15, -0.1) is 11.8 Å². The van der Waals surface area contributed by atoms with E-state index in [0.29, 0.717) is 5.92 Å². The monoisotopic (exact) mass is 275 g/mol. The lowest BCUT2D eigenvalue weighted by Crippen LogP contribution is -2.21.